The van der Waals surface area contributed by atoms with Crippen molar-refractivity contribution in [3.8, 4) is 5.69 Å². The number of aryl methyl sites for hydroxylation is 1. The molecular formula is C24H26FN3O3S2. The molecule has 1 aromatic carbocycles. The standard InChI is InChI=1S/C24H26FN3O3S2/c1-14-7-8-16-19(13-14)33-21-20(16)23(30)28(18-6-4-3-5-17(18)25)24(26-21)32-15(2)22(29)27-9-11-31-12-10-27/h3-6,14-15H,7-13H2,1-2H3. The highest BCUT2D eigenvalue weighted by Gasteiger charge is 2.29. The van der Waals surface area contributed by atoms with Crippen LogP contribution in [0.25, 0.3) is 15.9 Å². The normalized spacial score (nSPS) is 19.5. The molecular weight excluding hydrogens is 461 g/mol. The smallest absolute Gasteiger partial charge is 0.267 e. The second kappa shape index (κ2) is 9.19. The molecule has 0 saturated carbocycles. The van der Waals surface area contributed by atoms with E-state index >= 15 is 0 Å². The molecule has 2 aromatic heterocycles. The zero-order valence-corrected chi connectivity index (χ0v) is 20.3. The number of hydrogen-bond donors (Lipinski definition) is 0. The maximum absolute atomic E-state index is 14.9. The Morgan fingerprint density at radius 3 is 2.82 bits per heavy atom. The van der Waals surface area contributed by atoms with E-state index in [2.05, 4.69) is 6.92 Å². The lowest BCUT2D eigenvalue weighted by atomic mass is 9.89. The van der Waals surface area contributed by atoms with E-state index in [4.69, 9.17) is 9.72 Å². The van der Waals surface area contributed by atoms with Crippen molar-refractivity contribution >= 4 is 39.2 Å². The fraction of sp³-hybridized carbons (Fsp3) is 0.458. The summed E-state index contributed by atoms with van der Waals surface area (Å²) < 4.78 is 21.6. The molecule has 3 aromatic rings. The summed E-state index contributed by atoms with van der Waals surface area (Å²) in [6.45, 7) is 6.17. The van der Waals surface area contributed by atoms with Gasteiger partial charge in [0.2, 0.25) is 5.91 Å². The highest BCUT2D eigenvalue weighted by atomic mass is 32.2. The van der Waals surface area contributed by atoms with Crippen LogP contribution in [0.2, 0.25) is 0 Å². The largest absolute Gasteiger partial charge is 0.378 e. The van der Waals surface area contributed by atoms with Crippen molar-refractivity contribution in [3.05, 3.63) is 50.9 Å². The van der Waals surface area contributed by atoms with Crippen LogP contribution in [0.4, 0.5) is 4.39 Å². The van der Waals surface area contributed by atoms with E-state index in [0.29, 0.717) is 47.6 Å². The van der Waals surface area contributed by atoms with Gasteiger partial charge in [0, 0.05) is 18.0 Å². The second-order valence-electron chi connectivity index (χ2n) is 8.72. The zero-order valence-electron chi connectivity index (χ0n) is 18.7. The van der Waals surface area contributed by atoms with Crippen molar-refractivity contribution < 1.29 is 13.9 Å². The maximum atomic E-state index is 14.9. The number of thiophene rings is 1. The number of para-hydroxylation sites is 1. The number of ether oxygens (including phenoxy) is 1. The van der Waals surface area contributed by atoms with Crippen molar-refractivity contribution in [1.29, 1.82) is 0 Å². The molecule has 1 aliphatic heterocycles. The third-order valence-electron chi connectivity index (χ3n) is 6.34. The Morgan fingerprint density at radius 2 is 2.06 bits per heavy atom. The van der Waals surface area contributed by atoms with Crippen molar-refractivity contribution in [2.45, 2.75) is 43.5 Å². The average molecular weight is 488 g/mol. The molecule has 1 saturated heterocycles. The average Bonchev–Trinajstić information content (AvgIpc) is 3.17. The Kier molecular flexibility index (Phi) is 6.28. The fourth-order valence-corrected chi connectivity index (χ4v) is 6.97. The van der Waals surface area contributed by atoms with Gasteiger partial charge in [-0.15, -0.1) is 11.3 Å². The lowest BCUT2D eigenvalue weighted by Crippen LogP contribution is -2.44. The van der Waals surface area contributed by atoms with Gasteiger partial charge in [0.25, 0.3) is 5.56 Å². The number of aromatic nitrogens is 2. The van der Waals surface area contributed by atoms with Crippen molar-refractivity contribution in [2.24, 2.45) is 5.92 Å². The molecule has 1 aliphatic carbocycles. The highest BCUT2D eigenvalue weighted by Crippen LogP contribution is 2.37. The van der Waals surface area contributed by atoms with Crippen LogP contribution < -0.4 is 5.56 Å². The summed E-state index contributed by atoms with van der Waals surface area (Å²) in [6.07, 6.45) is 2.80. The number of carbonyl (C=O) groups excluding carboxylic acids is 1. The van der Waals surface area contributed by atoms with Crippen LogP contribution in [0.15, 0.2) is 34.2 Å². The molecule has 1 amide bonds. The number of thioether (sulfide) groups is 1. The van der Waals surface area contributed by atoms with Gasteiger partial charge in [-0.25, -0.2) is 9.37 Å². The van der Waals surface area contributed by atoms with Gasteiger partial charge in [0.1, 0.15) is 10.6 Å². The summed E-state index contributed by atoms with van der Waals surface area (Å²) in [5.74, 6) is 0.0453. The molecule has 0 bridgehead atoms. The summed E-state index contributed by atoms with van der Waals surface area (Å²) in [7, 11) is 0. The van der Waals surface area contributed by atoms with Gasteiger partial charge in [-0.05, 0) is 49.8 Å². The topological polar surface area (TPSA) is 64.4 Å². The van der Waals surface area contributed by atoms with Gasteiger partial charge in [-0.3, -0.25) is 14.2 Å². The first-order valence-electron chi connectivity index (χ1n) is 11.3. The first-order chi connectivity index (χ1) is 15.9. The molecule has 0 spiro atoms. The fourth-order valence-electron chi connectivity index (χ4n) is 4.55. The van der Waals surface area contributed by atoms with E-state index in [1.54, 1.807) is 34.4 Å². The van der Waals surface area contributed by atoms with E-state index in [0.717, 1.165) is 24.8 Å². The first kappa shape index (κ1) is 22.6. The van der Waals surface area contributed by atoms with Gasteiger partial charge < -0.3 is 9.64 Å². The number of amides is 1. The number of fused-ring (bicyclic) bond motifs is 3. The third kappa shape index (κ3) is 4.22. The number of carbonyl (C=O) groups is 1. The Labute approximate surface area is 199 Å². The van der Waals surface area contributed by atoms with E-state index in [1.165, 1.54) is 27.3 Å². The molecule has 33 heavy (non-hydrogen) atoms. The summed E-state index contributed by atoms with van der Waals surface area (Å²) in [4.78, 5) is 35.3. The van der Waals surface area contributed by atoms with Gasteiger partial charge in [-0.2, -0.15) is 0 Å². The SMILES string of the molecule is CC1CCc2c(sc3nc(SC(C)C(=O)N4CCOCC4)n(-c4ccccc4F)c(=O)c23)C1. The van der Waals surface area contributed by atoms with Crippen molar-refractivity contribution in [1.82, 2.24) is 14.5 Å². The molecule has 2 aliphatic rings. The van der Waals surface area contributed by atoms with Crippen LogP contribution in [0.5, 0.6) is 0 Å². The minimum absolute atomic E-state index is 0.0305. The number of halogens is 1. The Hall–Kier alpha value is -2.23. The zero-order chi connectivity index (χ0) is 23.1. The summed E-state index contributed by atoms with van der Waals surface area (Å²) >= 11 is 2.77. The Bertz CT molecular complexity index is 1270. The monoisotopic (exact) mass is 487 g/mol. The predicted molar refractivity (Wildman–Crippen MR) is 129 cm³/mol. The maximum Gasteiger partial charge on any atom is 0.267 e. The summed E-state index contributed by atoms with van der Waals surface area (Å²) in [6, 6.07) is 6.23. The number of benzene rings is 1. The van der Waals surface area contributed by atoms with Crippen LogP contribution in [0, 0.1) is 11.7 Å². The van der Waals surface area contributed by atoms with Gasteiger partial charge >= 0.3 is 0 Å². The van der Waals surface area contributed by atoms with Gasteiger partial charge in [-0.1, -0.05) is 30.8 Å². The van der Waals surface area contributed by atoms with E-state index in [-0.39, 0.29) is 17.2 Å². The molecule has 174 valence electrons. The minimum atomic E-state index is -0.493. The molecule has 2 atom stereocenters. The van der Waals surface area contributed by atoms with E-state index in [9.17, 15) is 14.0 Å². The molecule has 2 unspecified atom stereocenters. The molecule has 6 nitrogen and oxygen atoms in total. The van der Waals surface area contributed by atoms with Crippen LogP contribution in [-0.4, -0.2) is 51.9 Å². The predicted octanol–water partition coefficient (Wildman–Crippen LogP) is 4.05. The number of morpholine rings is 1. The van der Waals surface area contributed by atoms with E-state index < -0.39 is 11.1 Å². The lowest BCUT2D eigenvalue weighted by Gasteiger charge is -2.29. The summed E-state index contributed by atoms with van der Waals surface area (Å²) in [5, 5.41) is 0.472. The highest BCUT2D eigenvalue weighted by molar-refractivity contribution is 8.00. The van der Waals surface area contributed by atoms with Crippen LogP contribution in [0.1, 0.15) is 30.7 Å². The second-order valence-corrected chi connectivity index (χ2v) is 11.1. The summed E-state index contributed by atoms with van der Waals surface area (Å²) in [5.41, 5.74) is 0.963. The van der Waals surface area contributed by atoms with E-state index in [1.807, 2.05) is 6.92 Å². The minimum Gasteiger partial charge on any atom is -0.378 e. The number of rotatable bonds is 4. The molecule has 1 fully saturated rings. The Morgan fingerprint density at radius 1 is 1.30 bits per heavy atom. The van der Waals surface area contributed by atoms with Crippen LogP contribution in [0.3, 0.4) is 0 Å². The quantitative estimate of drug-likeness (QED) is 0.410. The van der Waals surface area contributed by atoms with Crippen LogP contribution >= 0.6 is 23.1 Å². The molecule has 5 rings (SSSR count). The Balaban J connectivity index is 1.62. The first-order valence-corrected chi connectivity index (χ1v) is 13.0. The van der Waals surface area contributed by atoms with Crippen LogP contribution in [-0.2, 0) is 22.4 Å². The van der Waals surface area contributed by atoms with Gasteiger partial charge in [0.15, 0.2) is 5.16 Å². The molecule has 9 heteroatoms. The number of nitrogens with zero attached hydrogens (tertiary/aromatic N) is 3. The molecule has 3 heterocycles. The lowest BCUT2D eigenvalue weighted by molar-refractivity contribution is -0.134. The number of hydrogen-bond acceptors (Lipinski definition) is 6. The van der Waals surface area contributed by atoms with Crippen molar-refractivity contribution in [3.63, 3.8) is 0 Å². The van der Waals surface area contributed by atoms with Crippen molar-refractivity contribution in [2.75, 3.05) is 26.3 Å². The third-order valence-corrected chi connectivity index (χ3v) is 8.53. The molecule has 0 N–H and O–H groups in total. The molecule has 0 radical (unpaired) electrons. The van der Waals surface area contributed by atoms with Gasteiger partial charge in [0.05, 0.1) is 29.5 Å².